The normalized spacial score (nSPS) is 27.1. The smallest absolute Gasteiger partial charge is 0.264 e. The topological polar surface area (TPSA) is 97.4 Å². The van der Waals surface area contributed by atoms with E-state index >= 15 is 0 Å². The van der Waals surface area contributed by atoms with Crippen molar-refractivity contribution in [2.45, 2.75) is 35.5 Å². The molecule has 1 aromatic rings. The highest BCUT2D eigenvalue weighted by Gasteiger charge is 2.43. The van der Waals surface area contributed by atoms with E-state index in [1.54, 1.807) is 0 Å². The summed E-state index contributed by atoms with van der Waals surface area (Å²) in [6.45, 7) is 0. The molecule has 2 bridgehead atoms. The SMILES string of the molecule is CS(=O)(=O)c1cccc(S(=O)(=O)NC(=O)[C@H]2C[C@H]3CC[C@H]2C3)c1. The molecule has 2 saturated carbocycles. The van der Waals surface area contributed by atoms with Crippen LogP contribution < -0.4 is 4.72 Å². The Morgan fingerprint density at radius 2 is 1.78 bits per heavy atom. The lowest BCUT2D eigenvalue weighted by Gasteiger charge is -2.20. The van der Waals surface area contributed by atoms with Crippen molar-refractivity contribution in [2.75, 3.05) is 6.26 Å². The fraction of sp³-hybridized carbons (Fsp3) is 0.533. The van der Waals surface area contributed by atoms with Gasteiger partial charge in [-0.05, 0) is 49.3 Å². The number of benzene rings is 1. The van der Waals surface area contributed by atoms with Crippen LogP contribution in [0.2, 0.25) is 0 Å². The minimum absolute atomic E-state index is 0.0900. The van der Waals surface area contributed by atoms with Crippen molar-refractivity contribution >= 4 is 25.8 Å². The third-order valence-corrected chi connectivity index (χ3v) is 7.31. The summed E-state index contributed by atoms with van der Waals surface area (Å²) >= 11 is 0. The summed E-state index contributed by atoms with van der Waals surface area (Å²) in [4.78, 5) is 12.0. The van der Waals surface area contributed by atoms with Gasteiger partial charge in [0, 0.05) is 12.2 Å². The van der Waals surface area contributed by atoms with Gasteiger partial charge in [-0.3, -0.25) is 4.79 Å². The van der Waals surface area contributed by atoms with E-state index in [4.69, 9.17) is 0 Å². The number of hydrogen-bond donors (Lipinski definition) is 1. The molecule has 6 nitrogen and oxygen atoms in total. The van der Waals surface area contributed by atoms with Crippen molar-refractivity contribution < 1.29 is 21.6 Å². The summed E-state index contributed by atoms with van der Waals surface area (Å²) < 4.78 is 49.9. The molecular weight excluding hydrogens is 338 g/mol. The molecule has 0 saturated heterocycles. The molecule has 3 atom stereocenters. The summed E-state index contributed by atoms with van der Waals surface area (Å²) in [7, 11) is -7.57. The van der Waals surface area contributed by atoms with Gasteiger partial charge in [0.25, 0.3) is 10.0 Å². The van der Waals surface area contributed by atoms with Gasteiger partial charge in [0.2, 0.25) is 5.91 Å². The number of amides is 1. The van der Waals surface area contributed by atoms with Crippen molar-refractivity contribution in [3.05, 3.63) is 24.3 Å². The van der Waals surface area contributed by atoms with Crippen molar-refractivity contribution in [1.82, 2.24) is 4.72 Å². The third kappa shape index (κ3) is 3.28. The lowest BCUT2D eigenvalue weighted by molar-refractivity contribution is -0.124. The largest absolute Gasteiger partial charge is 0.274 e. The number of carbonyl (C=O) groups excluding carboxylic acids is 1. The average Bonchev–Trinajstić information content (AvgIpc) is 3.09. The number of fused-ring (bicyclic) bond motifs is 2. The zero-order valence-corrected chi connectivity index (χ0v) is 14.4. The van der Waals surface area contributed by atoms with Crippen LogP contribution in [0.25, 0.3) is 0 Å². The standard InChI is InChI=1S/C15H19NO5S2/c1-22(18,19)12-3-2-4-13(9-12)23(20,21)16-15(17)14-8-10-5-6-11(14)7-10/h2-4,9-11,14H,5-8H2,1H3,(H,16,17)/t10-,11-,14-/m0/s1. The molecule has 2 aliphatic rings. The van der Waals surface area contributed by atoms with Gasteiger partial charge in [0.05, 0.1) is 9.79 Å². The minimum Gasteiger partial charge on any atom is -0.274 e. The van der Waals surface area contributed by atoms with Crippen LogP contribution in [0.1, 0.15) is 25.7 Å². The van der Waals surface area contributed by atoms with E-state index in [9.17, 15) is 21.6 Å². The molecular formula is C15H19NO5S2. The number of sulfonamides is 1. The van der Waals surface area contributed by atoms with Gasteiger partial charge in [0.15, 0.2) is 9.84 Å². The van der Waals surface area contributed by atoms with E-state index in [0.29, 0.717) is 5.92 Å². The van der Waals surface area contributed by atoms with Crippen LogP contribution >= 0.6 is 0 Å². The van der Waals surface area contributed by atoms with Crippen molar-refractivity contribution in [3.63, 3.8) is 0 Å². The molecule has 1 N–H and O–H groups in total. The first-order valence-corrected chi connectivity index (χ1v) is 10.9. The predicted octanol–water partition coefficient (Wildman–Crippen LogP) is 1.33. The number of nitrogens with one attached hydrogen (secondary N) is 1. The van der Waals surface area contributed by atoms with Gasteiger partial charge >= 0.3 is 0 Å². The van der Waals surface area contributed by atoms with Gasteiger partial charge in [-0.1, -0.05) is 12.5 Å². The molecule has 1 amide bonds. The van der Waals surface area contributed by atoms with Crippen LogP contribution in [0.15, 0.2) is 34.1 Å². The van der Waals surface area contributed by atoms with Crippen LogP contribution in [-0.2, 0) is 24.7 Å². The summed E-state index contributed by atoms with van der Waals surface area (Å²) in [5.74, 6) is 0.0909. The van der Waals surface area contributed by atoms with Crippen LogP contribution in [0, 0.1) is 17.8 Å². The molecule has 0 aliphatic heterocycles. The fourth-order valence-corrected chi connectivity index (χ4v) is 5.52. The Bertz CT molecular complexity index is 844. The molecule has 3 rings (SSSR count). The average molecular weight is 357 g/mol. The van der Waals surface area contributed by atoms with Crippen molar-refractivity contribution in [1.29, 1.82) is 0 Å². The van der Waals surface area contributed by atoms with Gasteiger partial charge in [-0.15, -0.1) is 0 Å². The first-order valence-electron chi connectivity index (χ1n) is 7.53. The maximum atomic E-state index is 12.4. The maximum Gasteiger partial charge on any atom is 0.264 e. The molecule has 0 aromatic heterocycles. The quantitative estimate of drug-likeness (QED) is 0.877. The van der Waals surface area contributed by atoms with E-state index in [-0.39, 0.29) is 21.6 Å². The first kappa shape index (κ1) is 16.4. The van der Waals surface area contributed by atoms with Crippen LogP contribution in [-0.4, -0.2) is 29.0 Å². The van der Waals surface area contributed by atoms with E-state index in [0.717, 1.165) is 38.0 Å². The minimum atomic E-state index is -4.06. The highest BCUT2D eigenvalue weighted by molar-refractivity contribution is 7.91. The number of rotatable bonds is 4. The fourth-order valence-electron chi connectivity index (χ4n) is 3.70. The first-order chi connectivity index (χ1) is 10.7. The molecule has 1 aromatic carbocycles. The van der Waals surface area contributed by atoms with Gasteiger partial charge in [-0.2, -0.15) is 0 Å². The zero-order valence-electron chi connectivity index (χ0n) is 12.7. The van der Waals surface area contributed by atoms with E-state index in [2.05, 4.69) is 4.72 Å². The van der Waals surface area contributed by atoms with Crippen molar-refractivity contribution in [2.24, 2.45) is 17.8 Å². The Labute approximate surface area is 136 Å². The van der Waals surface area contributed by atoms with Crippen LogP contribution in [0.5, 0.6) is 0 Å². The third-order valence-electron chi connectivity index (χ3n) is 4.85. The molecule has 0 unspecified atom stereocenters. The second-order valence-electron chi connectivity index (χ2n) is 6.50. The Hall–Kier alpha value is -1.41. The number of hydrogen-bond acceptors (Lipinski definition) is 5. The second-order valence-corrected chi connectivity index (χ2v) is 10.2. The Morgan fingerprint density at radius 1 is 1.09 bits per heavy atom. The highest BCUT2D eigenvalue weighted by Crippen LogP contribution is 2.48. The molecule has 8 heteroatoms. The van der Waals surface area contributed by atoms with Crippen molar-refractivity contribution in [3.8, 4) is 0 Å². The van der Waals surface area contributed by atoms with E-state index in [1.165, 1.54) is 18.2 Å². The Morgan fingerprint density at radius 3 is 2.35 bits per heavy atom. The summed E-state index contributed by atoms with van der Waals surface area (Å²) in [5.41, 5.74) is 0. The Balaban J connectivity index is 1.81. The zero-order chi connectivity index (χ0) is 16.8. The van der Waals surface area contributed by atoms with Crippen LogP contribution in [0.3, 0.4) is 0 Å². The maximum absolute atomic E-state index is 12.4. The molecule has 126 valence electrons. The number of sulfone groups is 1. The second kappa shape index (κ2) is 5.59. The van der Waals surface area contributed by atoms with Gasteiger partial charge < -0.3 is 0 Å². The highest BCUT2D eigenvalue weighted by atomic mass is 32.2. The number of carbonyl (C=O) groups is 1. The molecule has 23 heavy (non-hydrogen) atoms. The van der Waals surface area contributed by atoms with E-state index < -0.39 is 25.8 Å². The lowest BCUT2D eigenvalue weighted by Crippen LogP contribution is -2.37. The molecule has 2 fully saturated rings. The molecule has 0 heterocycles. The molecule has 0 spiro atoms. The van der Waals surface area contributed by atoms with E-state index in [1.807, 2.05) is 0 Å². The molecule has 2 aliphatic carbocycles. The van der Waals surface area contributed by atoms with Gasteiger partial charge in [-0.25, -0.2) is 21.6 Å². The van der Waals surface area contributed by atoms with Gasteiger partial charge in [0.1, 0.15) is 0 Å². The summed E-state index contributed by atoms with van der Waals surface area (Å²) in [6.07, 6.45) is 4.85. The molecule has 0 radical (unpaired) electrons. The monoisotopic (exact) mass is 357 g/mol. The predicted molar refractivity (Wildman–Crippen MR) is 83.8 cm³/mol. The lowest BCUT2D eigenvalue weighted by atomic mass is 9.88. The summed E-state index contributed by atoms with van der Waals surface area (Å²) in [6, 6.07) is 5.04. The summed E-state index contributed by atoms with van der Waals surface area (Å²) in [5, 5.41) is 0. The Kier molecular flexibility index (Phi) is 4.00. The van der Waals surface area contributed by atoms with Crippen LogP contribution in [0.4, 0.5) is 0 Å².